The third-order valence-electron chi connectivity index (χ3n) is 2.03. The normalized spacial score (nSPS) is 12.1. The number of ether oxygens (including phenoxy) is 1. The Kier molecular flexibility index (Phi) is 8.57. The van der Waals surface area contributed by atoms with Gasteiger partial charge in [0, 0.05) is 13.2 Å². The molecule has 0 fully saturated rings. The van der Waals surface area contributed by atoms with Gasteiger partial charge in [-0.25, -0.2) is 4.79 Å². The van der Waals surface area contributed by atoms with Gasteiger partial charge < -0.3 is 9.16 Å². The van der Waals surface area contributed by atoms with Crippen LogP contribution in [0.15, 0.2) is 12.7 Å². The average molecular weight is 216 g/mol. The van der Waals surface area contributed by atoms with E-state index in [4.69, 9.17) is 9.16 Å². The van der Waals surface area contributed by atoms with Crippen molar-refractivity contribution in [1.82, 2.24) is 0 Å². The Bertz CT molecular complexity index is 171. The monoisotopic (exact) mass is 216 g/mol. The van der Waals surface area contributed by atoms with Crippen LogP contribution >= 0.6 is 0 Å². The average Bonchev–Trinajstić information content (AvgIpc) is 2.22. The van der Waals surface area contributed by atoms with Crippen molar-refractivity contribution in [3.05, 3.63) is 12.7 Å². The van der Waals surface area contributed by atoms with Gasteiger partial charge in [-0.1, -0.05) is 19.9 Å². The lowest BCUT2D eigenvalue weighted by Gasteiger charge is -2.11. The fourth-order valence-electron chi connectivity index (χ4n) is 1.24. The summed E-state index contributed by atoms with van der Waals surface area (Å²) in [4.78, 5) is 10.7. The number of rotatable bonds is 8. The molecule has 0 rings (SSSR count). The number of carbonyl (C=O) groups is 1. The lowest BCUT2D eigenvalue weighted by atomic mass is 10.5. The van der Waals surface area contributed by atoms with Crippen LogP contribution in [0.3, 0.4) is 0 Å². The molecule has 0 spiro atoms. The minimum atomic E-state index is -1.00. The van der Waals surface area contributed by atoms with Crippen molar-refractivity contribution in [3.63, 3.8) is 0 Å². The van der Waals surface area contributed by atoms with E-state index in [1.807, 2.05) is 0 Å². The predicted octanol–water partition coefficient (Wildman–Crippen LogP) is 1.89. The highest BCUT2D eigenvalue weighted by Crippen LogP contribution is 2.06. The molecule has 0 amide bonds. The molecular formula is C10H20O3Si. The lowest BCUT2D eigenvalue weighted by molar-refractivity contribution is -0.137. The van der Waals surface area contributed by atoms with E-state index in [2.05, 4.69) is 13.5 Å². The predicted molar refractivity (Wildman–Crippen MR) is 59.8 cm³/mol. The van der Waals surface area contributed by atoms with Gasteiger partial charge in [-0.2, -0.15) is 0 Å². The highest BCUT2D eigenvalue weighted by molar-refractivity contribution is 6.51. The van der Waals surface area contributed by atoms with Gasteiger partial charge in [0.2, 0.25) is 0 Å². The molecule has 0 heterocycles. The maximum Gasteiger partial charge on any atom is 0.330 e. The van der Waals surface area contributed by atoms with E-state index in [0.717, 1.165) is 12.5 Å². The van der Waals surface area contributed by atoms with Crippen molar-refractivity contribution in [2.75, 3.05) is 13.7 Å². The first kappa shape index (κ1) is 13.4. The Labute approximate surface area is 87.8 Å². The number of hydrogen-bond acceptors (Lipinski definition) is 3. The second kappa shape index (κ2) is 8.96. The van der Waals surface area contributed by atoms with Gasteiger partial charge >= 0.3 is 5.97 Å². The maximum atomic E-state index is 10.7. The molecule has 0 saturated heterocycles. The molecule has 1 unspecified atom stereocenters. The summed E-state index contributed by atoms with van der Waals surface area (Å²) in [5.74, 6) is -0.337. The van der Waals surface area contributed by atoms with Crippen molar-refractivity contribution in [2.45, 2.75) is 31.9 Å². The van der Waals surface area contributed by atoms with Crippen LogP contribution in [0.2, 0.25) is 12.1 Å². The van der Waals surface area contributed by atoms with Crippen LogP contribution in [0.1, 0.15) is 19.8 Å². The minimum absolute atomic E-state index is 0.337. The molecule has 0 bridgehead atoms. The SMILES string of the molecule is C=CC(=O)OCCC[SiH](CCC)OC. The van der Waals surface area contributed by atoms with Crippen LogP contribution in [0.4, 0.5) is 0 Å². The first-order valence-electron chi connectivity index (χ1n) is 5.06. The molecule has 0 aromatic carbocycles. The second-order valence-electron chi connectivity index (χ2n) is 3.16. The van der Waals surface area contributed by atoms with E-state index < -0.39 is 9.04 Å². The van der Waals surface area contributed by atoms with Gasteiger partial charge in [-0.15, -0.1) is 0 Å². The summed E-state index contributed by atoms with van der Waals surface area (Å²) < 4.78 is 10.3. The summed E-state index contributed by atoms with van der Waals surface area (Å²) in [5, 5.41) is 0. The molecule has 0 N–H and O–H groups in total. The fraction of sp³-hybridized carbons (Fsp3) is 0.700. The Hall–Kier alpha value is -0.613. The van der Waals surface area contributed by atoms with Crippen molar-refractivity contribution >= 4 is 15.0 Å². The molecule has 4 heteroatoms. The van der Waals surface area contributed by atoms with Crippen molar-refractivity contribution < 1.29 is 14.0 Å². The van der Waals surface area contributed by atoms with Crippen molar-refractivity contribution in [1.29, 1.82) is 0 Å². The summed E-state index contributed by atoms with van der Waals surface area (Å²) in [6.07, 6.45) is 3.28. The fourth-order valence-corrected chi connectivity index (χ4v) is 3.27. The largest absolute Gasteiger partial charge is 0.463 e. The van der Waals surface area contributed by atoms with Crippen LogP contribution in [0.5, 0.6) is 0 Å². The topological polar surface area (TPSA) is 35.5 Å². The van der Waals surface area contributed by atoms with Crippen molar-refractivity contribution in [2.24, 2.45) is 0 Å². The van der Waals surface area contributed by atoms with Gasteiger partial charge in [0.05, 0.1) is 6.61 Å². The number of esters is 1. The van der Waals surface area contributed by atoms with Gasteiger partial charge in [0.1, 0.15) is 0 Å². The van der Waals surface area contributed by atoms with E-state index in [9.17, 15) is 4.79 Å². The second-order valence-corrected chi connectivity index (χ2v) is 6.03. The number of carbonyl (C=O) groups excluding carboxylic acids is 1. The third-order valence-corrected chi connectivity index (χ3v) is 4.97. The van der Waals surface area contributed by atoms with E-state index in [-0.39, 0.29) is 5.97 Å². The molecule has 82 valence electrons. The Morgan fingerprint density at radius 3 is 2.71 bits per heavy atom. The molecule has 0 aromatic heterocycles. The molecule has 3 nitrogen and oxygen atoms in total. The first-order chi connectivity index (χ1) is 6.74. The Morgan fingerprint density at radius 1 is 1.50 bits per heavy atom. The summed E-state index contributed by atoms with van der Waals surface area (Å²) in [6, 6.07) is 2.28. The molecule has 0 aliphatic heterocycles. The zero-order chi connectivity index (χ0) is 10.8. The first-order valence-corrected chi connectivity index (χ1v) is 7.17. The van der Waals surface area contributed by atoms with Crippen LogP contribution in [-0.2, 0) is 14.0 Å². The van der Waals surface area contributed by atoms with E-state index in [1.54, 1.807) is 7.11 Å². The van der Waals surface area contributed by atoms with E-state index in [1.165, 1.54) is 18.5 Å². The minimum Gasteiger partial charge on any atom is -0.463 e. The van der Waals surface area contributed by atoms with Crippen LogP contribution in [0, 0.1) is 0 Å². The smallest absolute Gasteiger partial charge is 0.330 e. The molecule has 0 radical (unpaired) electrons. The van der Waals surface area contributed by atoms with Gasteiger partial charge in [-0.05, 0) is 18.5 Å². The summed E-state index contributed by atoms with van der Waals surface area (Å²) >= 11 is 0. The molecule has 0 aliphatic carbocycles. The van der Waals surface area contributed by atoms with E-state index >= 15 is 0 Å². The van der Waals surface area contributed by atoms with E-state index in [0.29, 0.717) is 6.61 Å². The van der Waals surface area contributed by atoms with Gasteiger partial charge in [0.15, 0.2) is 9.04 Å². The highest BCUT2D eigenvalue weighted by atomic mass is 28.3. The summed E-state index contributed by atoms with van der Waals surface area (Å²) in [6.45, 7) is 5.98. The van der Waals surface area contributed by atoms with Crippen molar-refractivity contribution in [3.8, 4) is 0 Å². The Morgan fingerprint density at radius 2 is 2.21 bits per heavy atom. The van der Waals surface area contributed by atoms with Crippen LogP contribution in [-0.4, -0.2) is 28.7 Å². The zero-order valence-corrected chi connectivity index (χ0v) is 10.3. The molecular weight excluding hydrogens is 196 g/mol. The van der Waals surface area contributed by atoms with Crippen LogP contribution < -0.4 is 0 Å². The quantitative estimate of drug-likeness (QED) is 0.269. The lowest BCUT2D eigenvalue weighted by Crippen LogP contribution is -2.16. The molecule has 14 heavy (non-hydrogen) atoms. The summed E-state index contributed by atoms with van der Waals surface area (Å²) in [5.41, 5.74) is 0. The highest BCUT2D eigenvalue weighted by Gasteiger charge is 2.08. The standard InChI is InChI=1S/C10H20O3Si/c1-4-8-14(12-3)9-6-7-13-10(11)5-2/h5,14H,2,4,6-9H2,1,3H3. The number of hydrogen-bond donors (Lipinski definition) is 0. The molecule has 1 atom stereocenters. The van der Waals surface area contributed by atoms with Gasteiger partial charge in [-0.3, -0.25) is 0 Å². The molecule has 0 aromatic rings. The van der Waals surface area contributed by atoms with Crippen LogP contribution in [0.25, 0.3) is 0 Å². The molecule has 0 aliphatic rings. The Balaban J connectivity index is 3.41. The summed E-state index contributed by atoms with van der Waals surface area (Å²) in [7, 11) is 0.778. The van der Waals surface area contributed by atoms with Gasteiger partial charge in [0.25, 0.3) is 0 Å². The molecule has 0 saturated carbocycles. The third kappa shape index (κ3) is 6.86. The maximum absolute atomic E-state index is 10.7. The zero-order valence-electron chi connectivity index (χ0n) is 9.12.